The third kappa shape index (κ3) is 4.06. The van der Waals surface area contributed by atoms with Crippen LogP contribution in [-0.2, 0) is 16.1 Å². The molecule has 0 aliphatic carbocycles. The highest BCUT2D eigenvalue weighted by molar-refractivity contribution is 7.16. The Morgan fingerprint density at radius 1 is 1.29 bits per heavy atom. The van der Waals surface area contributed by atoms with E-state index in [-0.39, 0.29) is 36.0 Å². The second-order valence-electron chi connectivity index (χ2n) is 6.31. The number of thiazole rings is 1. The zero-order valence-corrected chi connectivity index (χ0v) is 16.4. The van der Waals surface area contributed by atoms with Gasteiger partial charge in [-0.15, -0.1) is 16.4 Å². The average molecular weight is 401 g/mol. The number of nitrogens with one attached hydrogen (secondary N) is 1. The molecule has 28 heavy (non-hydrogen) atoms. The molecule has 10 heteroatoms. The number of aryl methyl sites for hydroxylation is 1. The van der Waals surface area contributed by atoms with E-state index in [4.69, 9.17) is 4.74 Å². The summed E-state index contributed by atoms with van der Waals surface area (Å²) in [5, 5.41) is 11.3. The van der Waals surface area contributed by atoms with E-state index < -0.39 is 5.97 Å². The number of fused-ring (bicyclic) bond motifs is 1. The summed E-state index contributed by atoms with van der Waals surface area (Å²) in [4.78, 5) is 41.4. The first kappa shape index (κ1) is 19.6. The summed E-state index contributed by atoms with van der Waals surface area (Å²) in [7, 11) is 1.28. The fraction of sp³-hybridized carbons (Fsp3) is 0.333. The van der Waals surface area contributed by atoms with Gasteiger partial charge in [-0.2, -0.15) is 0 Å². The van der Waals surface area contributed by atoms with E-state index in [9.17, 15) is 14.4 Å². The van der Waals surface area contributed by atoms with Crippen LogP contribution in [-0.4, -0.2) is 39.0 Å². The summed E-state index contributed by atoms with van der Waals surface area (Å²) in [6, 6.07) is 6.89. The molecule has 0 atom stereocenters. The van der Waals surface area contributed by atoms with Gasteiger partial charge in [0, 0.05) is 11.3 Å². The molecule has 0 saturated heterocycles. The quantitative estimate of drug-likeness (QED) is 0.629. The summed E-state index contributed by atoms with van der Waals surface area (Å²) in [6.45, 7) is 3.93. The first-order valence-corrected chi connectivity index (χ1v) is 9.43. The molecule has 0 saturated carbocycles. The van der Waals surface area contributed by atoms with E-state index in [0.717, 1.165) is 9.56 Å². The van der Waals surface area contributed by atoms with Gasteiger partial charge in [-0.05, 0) is 18.1 Å². The van der Waals surface area contributed by atoms with E-state index >= 15 is 0 Å². The van der Waals surface area contributed by atoms with Crippen LogP contribution in [0.2, 0.25) is 0 Å². The highest BCUT2D eigenvalue weighted by Crippen LogP contribution is 2.30. The van der Waals surface area contributed by atoms with Gasteiger partial charge in [-0.1, -0.05) is 31.2 Å². The lowest BCUT2D eigenvalue weighted by atomic mass is 10.1. The standard InChI is InChI=1S/C18H19N5O4S/c1-10(2)15-14(17(26)27-3)20-18(28-15)19-13(24)8-9-23-16(25)11-6-4-5-7-12(11)21-22-23/h4-7,10H,8-9H2,1-3H3,(H,19,20,24). The topological polar surface area (TPSA) is 116 Å². The van der Waals surface area contributed by atoms with Gasteiger partial charge in [0.1, 0.15) is 5.52 Å². The number of methoxy groups -OCH3 is 1. The van der Waals surface area contributed by atoms with Crippen molar-refractivity contribution in [3.05, 3.63) is 45.2 Å². The molecule has 1 aromatic carbocycles. The SMILES string of the molecule is COC(=O)c1nc(NC(=O)CCn2nnc3ccccc3c2=O)sc1C(C)C. The Labute approximate surface area is 164 Å². The van der Waals surface area contributed by atoms with Crippen molar-refractivity contribution < 1.29 is 14.3 Å². The lowest BCUT2D eigenvalue weighted by molar-refractivity contribution is -0.116. The number of hydrogen-bond acceptors (Lipinski definition) is 8. The molecule has 0 fully saturated rings. The minimum atomic E-state index is -0.543. The number of carbonyl (C=O) groups is 2. The Hall–Kier alpha value is -3.14. The molecule has 0 aliphatic rings. The molecule has 1 N–H and O–H groups in total. The predicted octanol–water partition coefficient (Wildman–Crippen LogP) is 2.19. The normalized spacial score (nSPS) is 11.0. The van der Waals surface area contributed by atoms with Crippen molar-refractivity contribution in [1.29, 1.82) is 0 Å². The number of esters is 1. The highest BCUT2D eigenvalue weighted by atomic mass is 32.1. The number of carbonyl (C=O) groups excluding carboxylic acids is 2. The van der Waals surface area contributed by atoms with Crippen LogP contribution in [0.4, 0.5) is 5.13 Å². The van der Waals surface area contributed by atoms with Crippen LogP contribution >= 0.6 is 11.3 Å². The third-order valence-electron chi connectivity index (χ3n) is 3.98. The first-order chi connectivity index (χ1) is 13.4. The fourth-order valence-corrected chi connectivity index (χ4v) is 3.55. The van der Waals surface area contributed by atoms with Crippen LogP contribution < -0.4 is 10.9 Å². The summed E-state index contributed by atoms with van der Waals surface area (Å²) < 4.78 is 5.89. The zero-order chi connectivity index (χ0) is 20.3. The second-order valence-corrected chi connectivity index (χ2v) is 7.34. The van der Waals surface area contributed by atoms with Gasteiger partial charge >= 0.3 is 5.97 Å². The Morgan fingerprint density at radius 3 is 2.75 bits per heavy atom. The number of nitrogens with zero attached hydrogens (tertiary/aromatic N) is 4. The maximum absolute atomic E-state index is 12.4. The molecule has 146 valence electrons. The van der Waals surface area contributed by atoms with E-state index in [1.54, 1.807) is 24.3 Å². The van der Waals surface area contributed by atoms with Gasteiger partial charge in [-0.3, -0.25) is 9.59 Å². The molecule has 9 nitrogen and oxygen atoms in total. The molecule has 3 aromatic rings. The van der Waals surface area contributed by atoms with E-state index in [2.05, 4.69) is 20.6 Å². The maximum atomic E-state index is 12.4. The molecule has 1 amide bonds. The number of rotatable bonds is 6. The number of ether oxygens (including phenoxy) is 1. The second kappa shape index (κ2) is 8.26. The van der Waals surface area contributed by atoms with Crippen molar-refractivity contribution in [3.63, 3.8) is 0 Å². The summed E-state index contributed by atoms with van der Waals surface area (Å²) in [5.41, 5.74) is 0.407. The minimum absolute atomic E-state index is 0.0110. The third-order valence-corrected chi connectivity index (χ3v) is 5.25. The molecule has 0 radical (unpaired) electrons. The van der Waals surface area contributed by atoms with Crippen LogP contribution in [0.15, 0.2) is 29.1 Å². The largest absolute Gasteiger partial charge is 0.464 e. The van der Waals surface area contributed by atoms with Crippen molar-refractivity contribution in [2.24, 2.45) is 0 Å². The van der Waals surface area contributed by atoms with Crippen LogP contribution in [0.1, 0.15) is 41.6 Å². The molecule has 2 aromatic heterocycles. The van der Waals surface area contributed by atoms with Crippen LogP contribution in [0.25, 0.3) is 10.9 Å². The number of hydrogen-bond donors (Lipinski definition) is 1. The van der Waals surface area contributed by atoms with E-state index in [0.29, 0.717) is 16.0 Å². The van der Waals surface area contributed by atoms with Crippen LogP contribution in [0.5, 0.6) is 0 Å². The molecule has 0 spiro atoms. The number of aromatic nitrogens is 4. The van der Waals surface area contributed by atoms with Gasteiger partial charge in [-0.25, -0.2) is 14.5 Å². The smallest absolute Gasteiger partial charge is 0.357 e. The van der Waals surface area contributed by atoms with Gasteiger partial charge in [0.2, 0.25) is 5.91 Å². The fourth-order valence-electron chi connectivity index (χ4n) is 2.58. The van der Waals surface area contributed by atoms with Crippen molar-refractivity contribution >= 4 is 39.2 Å². The van der Waals surface area contributed by atoms with Crippen molar-refractivity contribution in [3.8, 4) is 0 Å². The lowest BCUT2D eigenvalue weighted by Gasteiger charge is -2.05. The lowest BCUT2D eigenvalue weighted by Crippen LogP contribution is -2.26. The first-order valence-electron chi connectivity index (χ1n) is 8.62. The molecule has 2 heterocycles. The van der Waals surface area contributed by atoms with Crippen molar-refractivity contribution in [2.45, 2.75) is 32.7 Å². The Bertz CT molecular complexity index is 1090. The zero-order valence-electron chi connectivity index (χ0n) is 15.6. The van der Waals surface area contributed by atoms with E-state index in [1.807, 2.05) is 13.8 Å². The summed E-state index contributed by atoms with van der Waals surface area (Å²) >= 11 is 1.23. The highest BCUT2D eigenvalue weighted by Gasteiger charge is 2.21. The van der Waals surface area contributed by atoms with Crippen LogP contribution in [0.3, 0.4) is 0 Å². The Morgan fingerprint density at radius 2 is 2.04 bits per heavy atom. The molecule has 0 aliphatic heterocycles. The molecule has 0 unspecified atom stereocenters. The molecular formula is C18H19N5O4S. The monoisotopic (exact) mass is 401 g/mol. The van der Waals surface area contributed by atoms with Gasteiger partial charge in [0.15, 0.2) is 10.8 Å². The molecular weight excluding hydrogens is 382 g/mol. The average Bonchev–Trinajstić information content (AvgIpc) is 3.11. The molecule has 0 bridgehead atoms. The van der Waals surface area contributed by atoms with Gasteiger partial charge in [0.25, 0.3) is 5.56 Å². The summed E-state index contributed by atoms with van der Waals surface area (Å²) in [6.07, 6.45) is 0.0110. The van der Waals surface area contributed by atoms with Crippen LogP contribution in [0, 0.1) is 0 Å². The Balaban J connectivity index is 1.71. The van der Waals surface area contributed by atoms with Gasteiger partial charge < -0.3 is 10.1 Å². The molecule has 3 rings (SSSR count). The number of anilines is 1. The predicted molar refractivity (Wildman–Crippen MR) is 105 cm³/mol. The minimum Gasteiger partial charge on any atom is -0.464 e. The number of amides is 1. The van der Waals surface area contributed by atoms with Crippen molar-refractivity contribution in [1.82, 2.24) is 20.0 Å². The van der Waals surface area contributed by atoms with Gasteiger partial charge in [0.05, 0.1) is 19.0 Å². The van der Waals surface area contributed by atoms with E-state index in [1.165, 1.54) is 18.4 Å². The van der Waals surface area contributed by atoms with Crippen molar-refractivity contribution in [2.75, 3.05) is 12.4 Å². The maximum Gasteiger partial charge on any atom is 0.357 e. The summed E-state index contributed by atoms with van der Waals surface area (Å²) in [5.74, 6) is -0.829. The Kier molecular flexibility index (Phi) is 5.78. The number of benzene rings is 1.